The van der Waals surface area contributed by atoms with Crippen LogP contribution in [-0.4, -0.2) is 29.7 Å². The second-order valence-corrected chi connectivity index (χ2v) is 5.43. The first kappa shape index (κ1) is 15.0. The maximum Gasteiger partial charge on any atom is 0.158 e. The van der Waals surface area contributed by atoms with Crippen LogP contribution in [0, 0.1) is 5.41 Å². The Kier molecular flexibility index (Phi) is 5.17. The summed E-state index contributed by atoms with van der Waals surface area (Å²) >= 11 is 0. The fourth-order valence-electron chi connectivity index (χ4n) is 2.23. The maximum absolute atomic E-state index is 5.41. The smallest absolute Gasteiger partial charge is 0.158 e. The average molecular weight is 278 g/mol. The molecule has 0 atom stereocenters. The first-order valence-electron chi connectivity index (χ1n) is 7.65. The zero-order chi connectivity index (χ0) is 14.4. The Morgan fingerprint density at radius 1 is 1.15 bits per heavy atom. The summed E-state index contributed by atoms with van der Waals surface area (Å²) in [5.74, 6) is 2.49. The molecule has 1 aromatic heterocycles. The first-order chi connectivity index (χ1) is 9.71. The van der Waals surface area contributed by atoms with Gasteiger partial charge in [0.2, 0.25) is 0 Å². The summed E-state index contributed by atoms with van der Waals surface area (Å²) in [6.45, 7) is 9.29. The third-order valence-corrected chi connectivity index (χ3v) is 3.92. The zero-order valence-electron chi connectivity index (χ0n) is 12.8. The number of aromatic nitrogens is 2. The molecule has 0 unspecified atom stereocenters. The van der Waals surface area contributed by atoms with Gasteiger partial charge in [-0.3, -0.25) is 0 Å². The van der Waals surface area contributed by atoms with E-state index in [1.165, 1.54) is 19.3 Å². The van der Waals surface area contributed by atoms with Crippen molar-refractivity contribution in [2.45, 2.75) is 46.6 Å². The molecule has 0 bridgehead atoms. The molecule has 1 heterocycles. The molecule has 5 nitrogen and oxygen atoms in total. The van der Waals surface area contributed by atoms with E-state index in [0.29, 0.717) is 18.6 Å². The Hall–Kier alpha value is -1.36. The van der Waals surface area contributed by atoms with Crippen molar-refractivity contribution in [2.75, 3.05) is 30.3 Å². The summed E-state index contributed by atoms with van der Waals surface area (Å²) in [7, 11) is 0. The van der Waals surface area contributed by atoms with Gasteiger partial charge in [0, 0.05) is 25.8 Å². The van der Waals surface area contributed by atoms with Crippen molar-refractivity contribution in [1.29, 1.82) is 0 Å². The summed E-state index contributed by atoms with van der Waals surface area (Å²) in [6, 6.07) is 1.98. The molecule has 0 saturated heterocycles. The van der Waals surface area contributed by atoms with Crippen LogP contribution in [0.25, 0.3) is 0 Å². The number of nitrogens with zero attached hydrogens (tertiary/aromatic N) is 2. The molecule has 2 rings (SSSR count). The predicted molar refractivity (Wildman–Crippen MR) is 82.0 cm³/mol. The molecule has 0 aromatic carbocycles. The Morgan fingerprint density at radius 3 is 2.40 bits per heavy atom. The minimum atomic E-state index is 0.462. The predicted octanol–water partition coefficient (Wildman–Crippen LogP) is 3.05. The van der Waals surface area contributed by atoms with Crippen LogP contribution in [0.2, 0.25) is 0 Å². The van der Waals surface area contributed by atoms with Gasteiger partial charge in [0.25, 0.3) is 0 Å². The van der Waals surface area contributed by atoms with Crippen molar-refractivity contribution in [3.8, 4) is 0 Å². The highest BCUT2D eigenvalue weighted by molar-refractivity contribution is 5.47. The lowest BCUT2D eigenvalue weighted by molar-refractivity contribution is 0.128. The molecule has 1 aliphatic rings. The molecule has 2 N–H and O–H groups in total. The second kappa shape index (κ2) is 6.88. The molecular formula is C15H26N4O. The molecule has 112 valence electrons. The van der Waals surface area contributed by atoms with Crippen molar-refractivity contribution in [3.63, 3.8) is 0 Å². The highest BCUT2D eigenvalue weighted by Crippen LogP contribution is 2.48. The number of anilines is 2. The van der Waals surface area contributed by atoms with Crippen LogP contribution in [0.3, 0.4) is 0 Å². The van der Waals surface area contributed by atoms with Gasteiger partial charge in [-0.2, -0.15) is 0 Å². The van der Waals surface area contributed by atoms with E-state index in [-0.39, 0.29) is 0 Å². The van der Waals surface area contributed by atoms with Crippen LogP contribution >= 0.6 is 0 Å². The quantitative estimate of drug-likeness (QED) is 0.727. The highest BCUT2D eigenvalue weighted by atomic mass is 16.5. The Labute approximate surface area is 121 Å². The summed E-state index contributed by atoms with van der Waals surface area (Å²) in [5, 5.41) is 6.71. The van der Waals surface area contributed by atoms with Crippen molar-refractivity contribution >= 4 is 11.6 Å². The molecule has 1 aliphatic carbocycles. The number of hydrogen-bond donors (Lipinski definition) is 2. The van der Waals surface area contributed by atoms with Gasteiger partial charge in [0.05, 0.1) is 0 Å². The van der Waals surface area contributed by atoms with E-state index in [9.17, 15) is 0 Å². The Bertz CT molecular complexity index is 432. The summed E-state index contributed by atoms with van der Waals surface area (Å²) in [4.78, 5) is 8.98. The van der Waals surface area contributed by atoms with Crippen molar-refractivity contribution < 1.29 is 4.74 Å². The molecule has 0 amide bonds. The van der Waals surface area contributed by atoms with E-state index < -0.39 is 0 Å². The van der Waals surface area contributed by atoms with Gasteiger partial charge < -0.3 is 15.4 Å². The third kappa shape index (κ3) is 4.07. The monoisotopic (exact) mass is 278 g/mol. The van der Waals surface area contributed by atoms with Crippen LogP contribution < -0.4 is 10.6 Å². The average Bonchev–Trinajstić information content (AvgIpc) is 3.24. The lowest BCUT2D eigenvalue weighted by Gasteiger charge is -2.15. The largest absolute Gasteiger partial charge is 0.374 e. The molecule has 0 spiro atoms. The van der Waals surface area contributed by atoms with Gasteiger partial charge in [-0.25, -0.2) is 9.97 Å². The SMILES string of the molecule is CCNc1cc(NCC2(CC)CC2)nc(COCC)n1. The standard InChI is InChI=1S/C15H26N4O/c1-4-15(7-8-15)11-17-13-9-12(16-5-2)18-14(19-13)10-20-6-3/h9H,4-8,10-11H2,1-3H3,(H2,16,17,18,19). The van der Waals surface area contributed by atoms with Crippen LogP contribution in [0.1, 0.15) is 45.9 Å². The third-order valence-electron chi connectivity index (χ3n) is 3.92. The molecule has 5 heteroatoms. The lowest BCUT2D eigenvalue weighted by atomic mass is 10.0. The van der Waals surface area contributed by atoms with Crippen molar-refractivity contribution in [1.82, 2.24) is 9.97 Å². The van der Waals surface area contributed by atoms with E-state index in [1.807, 2.05) is 13.0 Å². The second-order valence-electron chi connectivity index (χ2n) is 5.43. The number of ether oxygens (including phenoxy) is 1. The minimum Gasteiger partial charge on any atom is -0.374 e. The van der Waals surface area contributed by atoms with Gasteiger partial charge in [-0.05, 0) is 38.5 Å². The Balaban J connectivity index is 2.03. The van der Waals surface area contributed by atoms with Crippen molar-refractivity contribution in [2.24, 2.45) is 5.41 Å². The lowest BCUT2D eigenvalue weighted by Crippen LogP contribution is -2.16. The van der Waals surface area contributed by atoms with Gasteiger partial charge in [0.15, 0.2) is 5.82 Å². The number of hydrogen-bond acceptors (Lipinski definition) is 5. The molecule has 1 saturated carbocycles. The first-order valence-corrected chi connectivity index (χ1v) is 7.65. The zero-order valence-corrected chi connectivity index (χ0v) is 12.8. The Morgan fingerprint density at radius 2 is 1.85 bits per heavy atom. The van der Waals surface area contributed by atoms with Gasteiger partial charge in [-0.1, -0.05) is 6.92 Å². The number of rotatable bonds is 9. The van der Waals surface area contributed by atoms with E-state index >= 15 is 0 Å². The number of nitrogens with one attached hydrogen (secondary N) is 2. The van der Waals surface area contributed by atoms with E-state index in [0.717, 1.165) is 30.5 Å². The normalized spacial score (nSPS) is 15.9. The van der Waals surface area contributed by atoms with Crippen LogP contribution in [0.5, 0.6) is 0 Å². The molecule has 20 heavy (non-hydrogen) atoms. The topological polar surface area (TPSA) is 59.1 Å². The van der Waals surface area contributed by atoms with Gasteiger partial charge in [-0.15, -0.1) is 0 Å². The fourth-order valence-corrected chi connectivity index (χ4v) is 2.23. The molecule has 0 radical (unpaired) electrons. The summed E-state index contributed by atoms with van der Waals surface area (Å²) < 4.78 is 5.41. The van der Waals surface area contributed by atoms with Crippen molar-refractivity contribution in [3.05, 3.63) is 11.9 Å². The van der Waals surface area contributed by atoms with Crippen LogP contribution in [0.4, 0.5) is 11.6 Å². The molecular weight excluding hydrogens is 252 g/mol. The maximum atomic E-state index is 5.41. The summed E-state index contributed by atoms with van der Waals surface area (Å²) in [5.41, 5.74) is 0.503. The molecule has 1 aromatic rings. The van der Waals surface area contributed by atoms with Crippen LogP contribution in [-0.2, 0) is 11.3 Å². The van der Waals surface area contributed by atoms with Gasteiger partial charge in [0.1, 0.15) is 18.2 Å². The summed E-state index contributed by atoms with van der Waals surface area (Å²) in [6.07, 6.45) is 3.89. The van der Waals surface area contributed by atoms with Crippen LogP contribution in [0.15, 0.2) is 6.07 Å². The molecule has 1 fully saturated rings. The highest BCUT2D eigenvalue weighted by Gasteiger charge is 2.40. The minimum absolute atomic E-state index is 0.462. The fraction of sp³-hybridized carbons (Fsp3) is 0.733. The van der Waals surface area contributed by atoms with E-state index in [2.05, 4.69) is 34.4 Å². The van der Waals surface area contributed by atoms with E-state index in [4.69, 9.17) is 4.74 Å². The van der Waals surface area contributed by atoms with E-state index in [1.54, 1.807) is 0 Å². The van der Waals surface area contributed by atoms with Gasteiger partial charge >= 0.3 is 0 Å². The molecule has 0 aliphatic heterocycles.